The van der Waals surface area contributed by atoms with Gasteiger partial charge in [-0.1, -0.05) is 18.2 Å². The Balaban J connectivity index is 2.90. The fraction of sp³-hybridized carbons (Fsp3) is 0.133. The van der Waals surface area contributed by atoms with Crippen LogP contribution in [0, 0.1) is 0 Å². The zero-order chi connectivity index (χ0) is 16.4. The Morgan fingerprint density at radius 2 is 2.09 bits per heavy atom. The van der Waals surface area contributed by atoms with Crippen molar-refractivity contribution in [2.75, 3.05) is 7.11 Å². The molecular weight excluding hydrogens is 310 g/mol. The molecule has 114 valence electrons. The molecular formula is C15H12ClNO5. The summed E-state index contributed by atoms with van der Waals surface area (Å²) in [6, 6.07) is 4.41. The Kier molecular flexibility index (Phi) is 4.32. The Bertz CT molecular complexity index is 901. The van der Waals surface area contributed by atoms with Crippen molar-refractivity contribution in [3.8, 4) is 5.75 Å². The van der Waals surface area contributed by atoms with E-state index < -0.39 is 17.0 Å². The minimum atomic E-state index is -1.25. The van der Waals surface area contributed by atoms with E-state index in [0.29, 0.717) is 5.02 Å². The number of aliphatic carboxylic acids is 1. The summed E-state index contributed by atoms with van der Waals surface area (Å²) in [5.74, 6) is -1.49. The summed E-state index contributed by atoms with van der Waals surface area (Å²) in [6.07, 6.45) is -0.299. The second-order valence-corrected chi connectivity index (χ2v) is 5.01. The van der Waals surface area contributed by atoms with Crippen LogP contribution in [0.2, 0.25) is 5.02 Å². The van der Waals surface area contributed by atoms with Crippen molar-refractivity contribution in [1.82, 2.24) is 4.98 Å². The molecule has 0 unspecified atom stereocenters. The number of rotatable bonds is 4. The van der Waals surface area contributed by atoms with Gasteiger partial charge in [-0.2, -0.15) is 0 Å². The average Bonchev–Trinajstić information content (AvgIpc) is 2.54. The van der Waals surface area contributed by atoms with Gasteiger partial charge >= 0.3 is 5.97 Å². The molecule has 2 rings (SSSR count). The predicted octanol–water partition coefficient (Wildman–Crippen LogP) is 1.73. The molecule has 2 N–H and O–H groups in total. The van der Waals surface area contributed by atoms with Gasteiger partial charge in [-0.3, -0.25) is 9.59 Å². The molecule has 0 aliphatic heterocycles. The standard InChI is InChI=1S/C15H12ClNO5/c1-7(15(20)21)5-10-12(18)9-4-3-8(16)6-11(9)17-14(19)13(10)22-2/h3-4,6H,1,5H2,2H3,(H,17,19)(H,20,21). The number of carboxylic acid groups (broad SMARTS) is 1. The second-order valence-electron chi connectivity index (χ2n) is 4.57. The van der Waals surface area contributed by atoms with Crippen molar-refractivity contribution < 1.29 is 14.6 Å². The molecule has 1 heterocycles. The van der Waals surface area contributed by atoms with Crippen molar-refractivity contribution in [3.63, 3.8) is 0 Å². The number of aromatic amines is 1. The van der Waals surface area contributed by atoms with Crippen molar-refractivity contribution in [3.05, 3.63) is 61.5 Å². The second kappa shape index (κ2) is 6.03. The van der Waals surface area contributed by atoms with E-state index in [-0.39, 0.29) is 34.2 Å². The van der Waals surface area contributed by atoms with Crippen molar-refractivity contribution in [2.45, 2.75) is 6.42 Å². The van der Waals surface area contributed by atoms with E-state index in [0.717, 1.165) is 0 Å². The van der Waals surface area contributed by atoms with E-state index in [1.54, 1.807) is 0 Å². The van der Waals surface area contributed by atoms with E-state index in [4.69, 9.17) is 21.4 Å². The van der Waals surface area contributed by atoms with E-state index in [1.165, 1.54) is 25.3 Å². The lowest BCUT2D eigenvalue weighted by molar-refractivity contribution is -0.132. The molecule has 22 heavy (non-hydrogen) atoms. The van der Waals surface area contributed by atoms with Crippen LogP contribution in [-0.2, 0) is 11.2 Å². The van der Waals surface area contributed by atoms with Gasteiger partial charge in [0, 0.05) is 22.4 Å². The first-order valence-electron chi connectivity index (χ1n) is 6.19. The lowest BCUT2D eigenvalue weighted by Gasteiger charge is -2.03. The third-order valence-corrected chi connectivity index (χ3v) is 3.36. The summed E-state index contributed by atoms with van der Waals surface area (Å²) in [6.45, 7) is 3.38. The van der Waals surface area contributed by atoms with Crippen LogP contribution in [0.15, 0.2) is 39.9 Å². The Morgan fingerprint density at radius 1 is 1.41 bits per heavy atom. The number of carbonyl (C=O) groups is 1. The summed E-state index contributed by atoms with van der Waals surface area (Å²) in [4.78, 5) is 38.2. The smallest absolute Gasteiger partial charge is 0.331 e. The number of hydrogen-bond donors (Lipinski definition) is 2. The largest absolute Gasteiger partial charge is 0.491 e. The summed E-state index contributed by atoms with van der Waals surface area (Å²) in [7, 11) is 1.23. The fourth-order valence-electron chi connectivity index (χ4n) is 2.07. The van der Waals surface area contributed by atoms with Crippen LogP contribution >= 0.6 is 11.6 Å². The number of nitrogens with one attached hydrogen (secondary N) is 1. The lowest BCUT2D eigenvalue weighted by Crippen LogP contribution is -2.15. The molecule has 0 spiro atoms. The van der Waals surface area contributed by atoms with Gasteiger partial charge in [0.15, 0.2) is 11.2 Å². The molecule has 1 aromatic heterocycles. The van der Waals surface area contributed by atoms with Gasteiger partial charge in [-0.05, 0) is 18.2 Å². The first kappa shape index (κ1) is 15.8. The minimum absolute atomic E-state index is 0.0616. The van der Waals surface area contributed by atoms with E-state index in [9.17, 15) is 14.4 Å². The predicted molar refractivity (Wildman–Crippen MR) is 82.9 cm³/mol. The SMILES string of the molecule is C=C(Cc1c(OC)c(=O)[nH]c2cc(Cl)ccc2c1=O)C(=O)O. The average molecular weight is 322 g/mol. The van der Waals surface area contributed by atoms with Crippen molar-refractivity contribution >= 4 is 28.5 Å². The molecule has 0 amide bonds. The quantitative estimate of drug-likeness (QED) is 0.836. The van der Waals surface area contributed by atoms with Gasteiger partial charge in [0.2, 0.25) is 0 Å². The molecule has 0 saturated heterocycles. The van der Waals surface area contributed by atoms with E-state index in [2.05, 4.69) is 11.6 Å². The minimum Gasteiger partial charge on any atom is -0.491 e. The summed E-state index contributed by atoms with van der Waals surface area (Å²) in [5.41, 5.74) is -1.20. The molecule has 0 fully saturated rings. The zero-order valence-corrected chi connectivity index (χ0v) is 12.4. The van der Waals surface area contributed by atoms with Gasteiger partial charge in [0.05, 0.1) is 18.2 Å². The van der Waals surface area contributed by atoms with Crippen LogP contribution in [0.5, 0.6) is 5.75 Å². The van der Waals surface area contributed by atoms with Gasteiger partial charge < -0.3 is 14.8 Å². The molecule has 2 aromatic rings. The third-order valence-electron chi connectivity index (χ3n) is 3.13. The lowest BCUT2D eigenvalue weighted by atomic mass is 10.1. The van der Waals surface area contributed by atoms with Crippen LogP contribution in [-0.4, -0.2) is 23.2 Å². The summed E-state index contributed by atoms with van der Waals surface area (Å²) >= 11 is 5.86. The van der Waals surface area contributed by atoms with Gasteiger partial charge in [0.1, 0.15) is 0 Å². The number of H-pyrrole nitrogens is 1. The molecule has 0 aliphatic carbocycles. The summed E-state index contributed by atoms with van der Waals surface area (Å²) < 4.78 is 4.99. The van der Waals surface area contributed by atoms with Crippen LogP contribution in [0.1, 0.15) is 5.56 Å². The molecule has 6 nitrogen and oxygen atoms in total. The maximum absolute atomic E-state index is 12.6. The maximum Gasteiger partial charge on any atom is 0.331 e. The maximum atomic E-state index is 12.6. The highest BCUT2D eigenvalue weighted by Gasteiger charge is 2.17. The highest BCUT2D eigenvalue weighted by molar-refractivity contribution is 6.31. The monoisotopic (exact) mass is 321 g/mol. The first-order chi connectivity index (χ1) is 10.3. The molecule has 0 bridgehead atoms. The van der Waals surface area contributed by atoms with Crippen LogP contribution in [0.25, 0.3) is 10.9 Å². The van der Waals surface area contributed by atoms with Crippen LogP contribution in [0.4, 0.5) is 0 Å². The number of hydrogen-bond acceptors (Lipinski definition) is 4. The topological polar surface area (TPSA) is 96.5 Å². The molecule has 0 radical (unpaired) electrons. The Hall–Kier alpha value is -2.60. The normalized spacial score (nSPS) is 10.5. The van der Waals surface area contributed by atoms with Gasteiger partial charge in [0.25, 0.3) is 5.56 Å². The fourth-order valence-corrected chi connectivity index (χ4v) is 2.24. The highest BCUT2D eigenvalue weighted by atomic mass is 35.5. The number of benzene rings is 1. The Labute approximate surface area is 129 Å². The number of ether oxygens (including phenoxy) is 1. The van der Waals surface area contributed by atoms with Crippen molar-refractivity contribution in [1.29, 1.82) is 0 Å². The molecule has 0 atom stereocenters. The van der Waals surface area contributed by atoms with Gasteiger partial charge in [-0.25, -0.2) is 4.79 Å². The van der Waals surface area contributed by atoms with E-state index >= 15 is 0 Å². The van der Waals surface area contributed by atoms with Crippen LogP contribution in [0.3, 0.4) is 0 Å². The molecule has 1 aromatic carbocycles. The van der Waals surface area contributed by atoms with Crippen LogP contribution < -0.4 is 15.7 Å². The third kappa shape index (κ3) is 2.87. The zero-order valence-electron chi connectivity index (χ0n) is 11.6. The first-order valence-corrected chi connectivity index (χ1v) is 6.56. The number of fused-ring (bicyclic) bond motifs is 1. The number of carboxylic acids is 1. The molecule has 7 heteroatoms. The number of halogens is 1. The highest BCUT2D eigenvalue weighted by Crippen LogP contribution is 2.18. The molecule has 0 aliphatic rings. The molecule has 0 saturated carbocycles. The number of aromatic nitrogens is 1. The summed E-state index contributed by atoms with van der Waals surface area (Å²) in [5, 5.41) is 9.49. The number of methoxy groups -OCH3 is 1. The Morgan fingerprint density at radius 3 is 2.68 bits per heavy atom. The van der Waals surface area contributed by atoms with Gasteiger partial charge in [-0.15, -0.1) is 0 Å². The van der Waals surface area contributed by atoms with Crippen molar-refractivity contribution in [2.24, 2.45) is 0 Å². The van der Waals surface area contributed by atoms with E-state index in [1.807, 2.05) is 0 Å².